The largest absolute Gasteiger partial charge is 0.347 e. The van der Waals surface area contributed by atoms with E-state index in [2.05, 4.69) is 16.8 Å². The van der Waals surface area contributed by atoms with Crippen LogP contribution in [0.2, 0.25) is 5.02 Å². The number of nitrogens with one attached hydrogen (secondary N) is 1. The van der Waals surface area contributed by atoms with Gasteiger partial charge in [0.2, 0.25) is 0 Å². The number of hydrogen-bond donors (Lipinski definition) is 1. The number of fused-ring (bicyclic) bond motifs is 1. The highest BCUT2D eigenvalue weighted by atomic mass is 35.5. The molecule has 146 valence electrons. The van der Waals surface area contributed by atoms with E-state index in [0.29, 0.717) is 10.7 Å². The van der Waals surface area contributed by atoms with E-state index >= 15 is 0 Å². The fourth-order valence-electron chi connectivity index (χ4n) is 3.45. The summed E-state index contributed by atoms with van der Waals surface area (Å²) < 4.78 is 2.13. The van der Waals surface area contributed by atoms with Crippen LogP contribution in [0.3, 0.4) is 0 Å². The number of aromatic nitrogens is 1. The summed E-state index contributed by atoms with van der Waals surface area (Å²) in [6, 6.07) is 14.7. The predicted molar refractivity (Wildman–Crippen MR) is 120 cm³/mol. The third kappa shape index (κ3) is 3.57. The number of carbonyl (C=O) groups is 2. The van der Waals surface area contributed by atoms with Gasteiger partial charge in [-0.3, -0.25) is 19.8 Å². The SMILES string of the molecule is CCCn1cc(/C=C2\C(=O)NC(=S)N(c3ccc(Cl)cc3)C2=O)c2ccccc21. The first-order valence-electron chi connectivity index (χ1n) is 9.24. The van der Waals surface area contributed by atoms with Crippen molar-refractivity contribution >= 4 is 63.4 Å². The van der Waals surface area contributed by atoms with Crippen molar-refractivity contribution in [2.75, 3.05) is 4.90 Å². The summed E-state index contributed by atoms with van der Waals surface area (Å²) in [6.07, 6.45) is 4.59. The topological polar surface area (TPSA) is 54.3 Å². The maximum atomic E-state index is 13.2. The highest BCUT2D eigenvalue weighted by Gasteiger charge is 2.34. The van der Waals surface area contributed by atoms with Crippen LogP contribution < -0.4 is 10.2 Å². The number of thiocarbonyl (C=S) groups is 1. The standard InChI is InChI=1S/C22H18ClN3O2S/c1-2-11-25-13-14(17-5-3-4-6-19(17)25)12-18-20(27)24-22(29)26(21(18)28)16-9-7-15(23)8-10-16/h3-10,12-13H,2,11H2,1H3,(H,24,27,29)/b18-12+. The first kappa shape index (κ1) is 19.4. The van der Waals surface area contributed by atoms with Crippen LogP contribution in [0.4, 0.5) is 5.69 Å². The quantitative estimate of drug-likeness (QED) is 0.381. The minimum absolute atomic E-state index is 0.0351. The van der Waals surface area contributed by atoms with E-state index in [4.69, 9.17) is 23.8 Å². The van der Waals surface area contributed by atoms with Crippen molar-refractivity contribution in [2.45, 2.75) is 19.9 Å². The number of para-hydroxylation sites is 1. The van der Waals surface area contributed by atoms with Crippen molar-refractivity contribution in [3.8, 4) is 0 Å². The van der Waals surface area contributed by atoms with Gasteiger partial charge in [0, 0.05) is 34.2 Å². The van der Waals surface area contributed by atoms with Crippen LogP contribution in [0.1, 0.15) is 18.9 Å². The zero-order valence-corrected chi connectivity index (χ0v) is 17.3. The van der Waals surface area contributed by atoms with Crippen LogP contribution in [0.5, 0.6) is 0 Å². The summed E-state index contributed by atoms with van der Waals surface area (Å²) in [4.78, 5) is 27.1. The third-order valence-corrected chi connectivity index (χ3v) is 5.31. The summed E-state index contributed by atoms with van der Waals surface area (Å²) in [7, 11) is 0. The van der Waals surface area contributed by atoms with E-state index in [1.54, 1.807) is 30.3 Å². The molecule has 1 fully saturated rings. The predicted octanol–water partition coefficient (Wildman–Crippen LogP) is 4.54. The second-order valence-corrected chi connectivity index (χ2v) is 7.55. The second kappa shape index (κ2) is 7.81. The Morgan fingerprint density at radius 2 is 1.83 bits per heavy atom. The molecule has 2 aromatic carbocycles. The molecule has 0 aliphatic carbocycles. The molecule has 0 saturated carbocycles. The molecule has 1 saturated heterocycles. The Hall–Kier alpha value is -2.96. The van der Waals surface area contributed by atoms with Gasteiger partial charge in [0.05, 0.1) is 5.69 Å². The maximum Gasteiger partial charge on any atom is 0.270 e. The molecular formula is C22H18ClN3O2S. The number of halogens is 1. The summed E-state index contributed by atoms with van der Waals surface area (Å²) in [5.74, 6) is -0.967. The maximum absolute atomic E-state index is 13.2. The molecule has 1 aliphatic heterocycles. The molecule has 1 aromatic heterocycles. The van der Waals surface area contributed by atoms with Gasteiger partial charge < -0.3 is 4.57 Å². The Morgan fingerprint density at radius 1 is 1.10 bits per heavy atom. The first-order valence-corrected chi connectivity index (χ1v) is 10.0. The number of anilines is 1. The van der Waals surface area contributed by atoms with E-state index in [0.717, 1.165) is 29.4 Å². The van der Waals surface area contributed by atoms with Gasteiger partial charge in [0.1, 0.15) is 5.57 Å². The van der Waals surface area contributed by atoms with Gasteiger partial charge >= 0.3 is 0 Å². The number of benzene rings is 2. The molecule has 0 bridgehead atoms. The van der Waals surface area contributed by atoms with Gasteiger partial charge in [0.15, 0.2) is 5.11 Å². The van der Waals surface area contributed by atoms with Crippen molar-refractivity contribution in [3.05, 3.63) is 70.9 Å². The van der Waals surface area contributed by atoms with Crippen LogP contribution in [-0.2, 0) is 16.1 Å². The highest BCUT2D eigenvalue weighted by molar-refractivity contribution is 7.80. The van der Waals surface area contributed by atoms with E-state index in [1.165, 1.54) is 4.90 Å². The summed E-state index contributed by atoms with van der Waals surface area (Å²) in [6.45, 7) is 2.96. The average molecular weight is 424 g/mol. The van der Waals surface area contributed by atoms with Crippen LogP contribution in [0.25, 0.3) is 17.0 Å². The number of nitrogens with zero attached hydrogens (tertiary/aromatic N) is 2. The molecule has 7 heteroatoms. The second-order valence-electron chi connectivity index (χ2n) is 6.73. The van der Waals surface area contributed by atoms with Crippen LogP contribution in [-0.4, -0.2) is 21.5 Å². The lowest BCUT2D eigenvalue weighted by Crippen LogP contribution is -2.54. The number of carbonyl (C=O) groups excluding carboxylic acids is 2. The van der Waals surface area contributed by atoms with E-state index in [9.17, 15) is 9.59 Å². The van der Waals surface area contributed by atoms with Gasteiger partial charge in [-0.1, -0.05) is 36.7 Å². The molecule has 0 spiro atoms. The van der Waals surface area contributed by atoms with Gasteiger partial charge in [-0.05, 0) is 55.0 Å². The van der Waals surface area contributed by atoms with Gasteiger partial charge in [-0.25, -0.2) is 0 Å². The lowest BCUT2D eigenvalue weighted by molar-refractivity contribution is -0.122. The van der Waals surface area contributed by atoms with Gasteiger partial charge in [-0.2, -0.15) is 0 Å². The number of hydrogen-bond acceptors (Lipinski definition) is 3. The fourth-order valence-corrected chi connectivity index (χ4v) is 3.86. The van der Waals surface area contributed by atoms with Crippen molar-refractivity contribution < 1.29 is 9.59 Å². The number of rotatable bonds is 4. The molecule has 1 N–H and O–H groups in total. The summed E-state index contributed by atoms with van der Waals surface area (Å²) in [5, 5.41) is 4.20. The molecule has 2 amide bonds. The lowest BCUT2D eigenvalue weighted by atomic mass is 10.1. The van der Waals surface area contributed by atoms with Crippen molar-refractivity contribution in [2.24, 2.45) is 0 Å². The molecule has 0 atom stereocenters. The van der Waals surface area contributed by atoms with Crippen LogP contribution >= 0.6 is 23.8 Å². The Morgan fingerprint density at radius 3 is 2.55 bits per heavy atom. The zero-order valence-electron chi connectivity index (χ0n) is 15.7. The molecule has 5 nitrogen and oxygen atoms in total. The molecule has 4 rings (SSSR count). The summed E-state index contributed by atoms with van der Waals surface area (Å²) in [5.41, 5.74) is 2.46. The zero-order chi connectivity index (χ0) is 20.5. The highest BCUT2D eigenvalue weighted by Crippen LogP contribution is 2.27. The van der Waals surface area contributed by atoms with Gasteiger partial charge in [-0.15, -0.1) is 0 Å². The van der Waals surface area contributed by atoms with E-state index in [-0.39, 0.29) is 10.7 Å². The molecule has 29 heavy (non-hydrogen) atoms. The van der Waals surface area contributed by atoms with Crippen molar-refractivity contribution in [1.29, 1.82) is 0 Å². The van der Waals surface area contributed by atoms with E-state index in [1.807, 2.05) is 30.5 Å². The first-order chi connectivity index (χ1) is 14.0. The lowest BCUT2D eigenvalue weighted by Gasteiger charge is -2.28. The Kier molecular flexibility index (Phi) is 5.22. The Labute approximate surface area is 178 Å². The molecule has 3 aromatic rings. The summed E-state index contributed by atoms with van der Waals surface area (Å²) >= 11 is 11.2. The monoisotopic (exact) mass is 423 g/mol. The minimum atomic E-state index is -0.502. The van der Waals surface area contributed by atoms with E-state index < -0.39 is 11.8 Å². The molecule has 0 unspecified atom stereocenters. The molecular weight excluding hydrogens is 406 g/mol. The van der Waals surface area contributed by atoms with Gasteiger partial charge in [0.25, 0.3) is 11.8 Å². The smallest absolute Gasteiger partial charge is 0.270 e. The number of amides is 2. The molecule has 0 radical (unpaired) electrons. The van der Waals surface area contributed by atoms with Crippen LogP contribution in [0, 0.1) is 0 Å². The Balaban J connectivity index is 1.79. The minimum Gasteiger partial charge on any atom is -0.347 e. The average Bonchev–Trinajstić information content (AvgIpc) is 3.04. The van der Waals surface area contributed by atoms with Crippen LogP contribution in [0.15, 0.2) is 60.3 Å². The van der Waals surface area contributed by atoms with Crippen molar-refractivity contribution in [3.63, 3.8) is 0 Å². The molecule has 2 heterocycles. The Bertz CT molecular complexity index is 1160. The fraction of sp³-hybridized carbons (Fsp3) is 0.136. The molecule has 1 aliphatic rings. The number of aryl methyl sites for hydroxylation is 1. The normalized spacial score (nSPS) is 16.0. The third-order valence-electron chi connectivity index (χ3n) is 4.77. The van der Waals surface area contributed by atoms with Crippen molar-refractivity contribution in [1.82, 2.24) is 9.88 Å².